The summed E-state index contributed by atoms with van der Waals surface area (Å²) in [6.07, 6.45) is 0.597. The summed E-state index contributed by atoms with van der Waals surface area (Å²) < 4.78 is 33.4. The number of rotatable bonds is 6. The first-order valence-electron chi connectivity index (χ1n) is 8.92. The summed E-state index contributed by atoms with van der Waals surface area (Å²) in [6, 6.07) is -0.449. The highest BCUT2D eigenvalue weighted by Gasteiger charge is 2.29. The molecule has 0 bridgehead atoms. The van der Waals surface area contributed by atoms with Crippen LogP contribution in [0, 0.1) is 0 Å². The van der Waals surface area contributed by atoms with Gasteiger partial charge in [0.05, 0.1) is 6.20 Å². The van der Waals surface area contributed by atoms with Crippen molar-refractivity contribution in [2.45, 2.75) is 52.7 Å². The number of hydrogen-bond acceptors (Lipinski definition) is 5. The van der Waals surface area contributed by atoms with Crippen LogP contribution in [0.15, 0.2) is 18.6 Å². The van der Waals surface area contributed by atoms with Crippen molar-refractivity contribution in [2.24, 2.45) is 0 Å². The Labute approximate surface area is 161 Å². The molecule has 1 atom stereocenters. The zero-order valence-corrected chi connectivity index (χ0v) is 16.6. The van der Waals surface area contributed by atoms with Crippen LogP contribution in [-0.2, 0) is 4.74 Å². The lowest BCUT2D eigenvalue weighted by Crippen LogP contribution is -2.46. The number of alkyl halides is 2. The fraction of sp³-hybridized carbons (Fsp3) is 0.556. The van der Waals surface area contributed by atoms with Crippen molar-refractivity contribution in [3.05, 3.63) is 30.0 Å². The van der Waals surface area contributed by atoms with Gasteiger partial charge >= 0.3 is 6.09 Å². The molecule has 0 radical (unpaired) electrons. The van der Waals surface area contributed by atoms with Crippen LogP contribution in [0.4, 0.5) is 13.6 Å². The summed E-state index contributed by atoms with van der Waals surface area (Å²) in [4.78, 5) is 33.9. The Balaban J connectivity index is 2.21. The highest BCUT2D eigenvalue weighted by molar-refractivity contribution is 5.95. The highest BCUT2D eigenvalue weighted by atomic mass is 19.3. The van der Waals surface area contributed by atoms with Crippen molar-refractivity contribution >= 4 is 17.6 Å². The number of amides is 2. The summed E-state index contributed by atoms with van der Waals surface area (Å²) >= 11 is 0. The summed E-state index contributed by atoms with van der Waals surface area (Å²) in [7, 11) is 0. The molecule has 0 aliphatic rings. The lowest BCUT2D eigenvalue weighted by atomic mass is 10.2. The number of carbonyl (C=O) groups excluding carboxylic acids is 2. The van der Waals surface area contributed by atoms with Crippen molar-refractivity contribution in [1.82, 2.24) is 24.6 Å². The van der Waals surface area contributed by atoms with Gasteiger partial charge in [-0.3, -0.25) is 14.2 Å². The molecule has 0 saturated heterocycles. The summed E-state index contributed by atoms with van der Waals surface area (Å²) in [5.74, 6) is -0.602. The molecule has 0 aliphatic carbocycles. The van der Waals surface area contributed by atoms with Crippen molar-refractivity contribution in [1.29, 1.82) is 0 Å². The molecule has 0 fully saturated rings. The molecular weight excluding hydrogens is 372 g/mol. The van der Waals surface area contributed by atoms with Crippen molar-refractivity contribution in [3.8, 4) is 0 Å². The third-order valence-electron chi connectivity index (χ3n) is 3.79. The number of ether oxygens (including phenoxy) is 1. The van der Waals surface area contributed by atoms with E-state index in [1.165, 1.54) is 27.9 Å². The Morgan fingerprint density at radius 1 is 1.36 bits per heavy atom. The molecule has 8 nitrogen and oxygen atoms in total. The van der Waals surface area contributed by atoms with Crippen LogP contribution >= 0.6 is 0 Å². The van der Waals surface area contributed by atoms with Crippen LogP contribution in [0.1, 0.15) is 57.2 Å². The van der Waals surface area contributed by atoms with E-state index < -0.39 is 35.8 Å². The molecule has 0 spiro atoms. The predicted octanol–water partition coefficient (Wildman–Crippen LogP) is 3.04. The van der Waals surface area contributed by atoms with E-state index in [0.717, 1.165) is 0 Å². The molecule has 2 aromatic rings. The van der Waals surface area contributed by atoms with Gasteiger partial charge in [0.2, 0.25) is 0 Å². The van der Waals surface area contributed by atoms with Crippen molar-refractivity contribution in [3.63, 3.8) is 0 Å². The fourth-order valence-electron chi connectivity index (χ4n) is 2.68. The van der Waals surface area contributed by atoms with E-state index >= 15 is 0 Å². The van der Waals surface area contributed by atoms with E-state index in [1.807, 2.05) is 0 Å². The minimum atomic E-state index is -2.91. The zero-order chi connectivity index (χ0) is 21.1. The van der Waals surface area contributed by atoms with Crippen LogP contribution in [-0.4, -0.2) is 56.0 Å². The molecule has 154 valence electrons. The lowest BCUT2D eigenvalue weighted by Gasteiger charge is -2.26. The number of fused-ring (bicyclic) bond motifs is 1. The van der Waals surface area contributed by atoms with Gasteiger partial charge in [-0.2, -0.15) is 0 Å². The van der Waals surface area contributed by atoms with Crippen LogP contribution in [0.3, 0.4) is 0 Å². The zero-order valence-electron chi connectivity index (χ0n) is 16.6. The van der Waals surface area contributed by atoms with Gasteiger partial charge in [-0.15, -0.1) is 0 Å². The maximum absolute atomic E-state index is 13.4. The molecule has 0 aliphatic heterocycles. The Morgan fingerprint density at radius 3 is 2.61 bits per heavy atom. The van der Waals surface area contributed by atoms with Crippen LogP contribution in [0.2, 0.25) is 0 Å². The van der Waals surface area contributed by atoms with Crippen molar-refractivity contribution in [2.75, 3.05) is 13.1 Å². The Kier molecular flexibility index (Phi) is 6.52. The van der Waals surface area contributed by atoms with Crippen LogP contribution in [0.5, 0.6) is 0 Å². The maximum Gasteiger partial charge on any atom is 0.407 e. The van der Waals surface area contributed by atoms with Gasteiger partial charge in [0, 0.05) is 31.5 Å². The molecule has 0 saturated carbocycles. The van der Waals surface area contributed by atoms with Gasteiger partial charge in [0.1, 0.15) is 17.0 Å². The number of hydrogen-bond donors (Lipinski definition) is 1. The molecular formula is C18H25F2N5O3. The van der Waals surface area contributed by atoms with Gasteiger partial charge in [-0.25, -0.2) is 18.6 Å². The molecule has 2 rings (SSSR count). The monoisotopic (exact) mass is 397 g/mol. The smallest absolute Gasteiger partial charge is 0.407 e. The van der Waals surface area contributed by atoms with Crippen molar-refractivity contribution < 1.29 is 23.1 Å². The normalized spacial score (nSPS) is 12.9. The van der Waals surface area contributed by atoms with E-state index in [-0.39, 0.29) is 24.4 Å². The molecule has 28 heavy (non-hydrogen) atoms. The van der Waals surface area contributed by atoms with Crippen LogP contribution in [0.25, 0.3) is 5.65 Å². The second-order valence-corrected chi connectivity index (χ2v) is 7.34. The second-order valence-electron chi connectivity index (χ2n) is 7.34. The molecule has 2 heterocycles. The average Bonchev–Trinajstić information content (AvgIpc) is 2.97. The molecule has 1 N–H and O–H groups in total. The largest absolute Gasteiger partial charge is 0.444 e. The number of nitrogens with one attached hydrogen (secondary N) is 1. The minimum absolute atomic E-state index is 0.121. The third-order valence-corrected chi connectivity index (χ3v) is 3.79. The quantitative estimate of drug-likeness (QED) is 0.809. The lowest BCUT2D eigenvalue weighted by molar-refractivity contribution is 0.0485. The van der Waals surface area contributed by atoms with E-state index in [0.29, 0.717) is 0 Å². The number of nitrogens with zero attached hydrogens (tertiary/aromatic N) is 4. The summed E-state index contributed by atoms with van der Waals surface area (Å²) in [5.41, 5.74) is -1.29. The first kappa shape index (κ1) is 21.5. The number of aromatic nitrogens is 3. The Morgan fingerprint density at radius 2 is 2.04 bits per heavy atom. The summed E-state index contributed by atoms with van der Waals surface area (Å²) in [5, 5.41) is 2.64. The average molecular weight is 397 g/mol. The van der Waals surface area contributed by atoms with E-state index in [4.69, 9.17) is 4.74 Å². The Bertz CT molecular complexity index is 847. The number of halogens is 2. The second kappa shape index (κ2) is 8.49. The molecule has 10 heteroatoms. The van der Waals surface area contributed by atoms with E-state index in [1.54, 1.807) is 34.6 Å². The first-order valence-corrected chi connectivity index (χ1v) is 8.92. The van der Waals surface area contributed by atoms with Gasteiger partial charge in [0.15, 0.2) is 5.65 Å². The van der Waals surface area contributed by atoms with Gasteiger partial charge < -0.3 is 15.0 Å². The first-order chi connectivity index (χ1) is 13.0. The topological polar surface area (TPSA) is 88.8 Å². The highest BCUT2D eigenvalue weighted by Crippen LogP contribution is 2.24. The predicted molar refractivity (Wildman–Crippen MR) is 98.4 cm³/mol. The number of likely N-dealkylation sites (N-methyl/N-ethyl adjacent to an activating group) is 1. The third kappa shape index (κ3) is 5.14. The van der Waals surface area contributed by atoms with Gasteiger partial charge in [-0.1, -0.05) is 0 Å². The summed E-state index contributed by atoms with van der Waals surface area (Å²) in [6.45, 7) is 9.03. The van der Waals surface area contributed by atoms with E-state index in [2.05, 4.69) is 15.3 Å². The SMILES string of the molecule is CCN(CC(C)NC(=O)OC(C)(C)C)C(=O)c1c(C(F)F)nc2cnccn12. The standard InChI is InChI=1S/C18H25F2N5O3/c1-6-24(10-11(2)22-17(27)28-18(3,4)5)16(26)14-13(15(19)20)23-12-9-21-7-8-25(12)14/h7-9,11,15H,6,10H2,1-5H3,(H,22,27). The van der Waals surface area contributed by atoms with Crippen LogP contribution < -0.4 is 5.32 Å². The minimum Gasteiger partial charge on any atom is -0.444 e. The number of carbonyl (C=O) groups is 2. The molecule has 2 aromatic heterocycles. The molecule has 0 aromatic carbocycles. The van der Waals surface area contributed by atoms with Gasteiger partial charge in [-0.05, 0) is 34.6 Å². The number of imidazole rings is 1. The molecule has 2 amide bonds. The Hall–Kier alpha value is -2.78. The molecule has 1 unspecified atom stereocenters. The fourth-order valence-corrected chi connectivity index (χ4v) is 2.68. The van der Waals surface area contributed by atoms with Gasteiger partial charge in [0.25, 0.3) is 12.3 Å². The maximum atomic E-state index is 13.4. The van der Waals surface area contributed by atoms with E-state index in [9.17, 15) is 18.4 Å². The number of alkyl carbamates (subject to hydrolysis) is 1.